The maximum atomic E-state index is 12.3. The van der Waals surface area contributed by atoms with Crippen LogP contribution in [0.2, 0.25) is 0 Å². The molecule has 120 valence electrons. The molecule has 2 fully saturated rings. The van der Waals surface area contributed by atoms with Gasteiger partial charge in [0.25, 0.3) is 0 Å². The molecule has 1 aliphatic carbocycles. The molecule has 2 aromatic rings. The van der Waals surface area contributed by atoms with E-state index >= 15 is 0 Å². The van der Waals surface area contributed by atoms with E-state index in [0.717, 1.165) is 45.6 Å². The SMILES string of the molecule is NC1(C(=O)N2CCN(Cc3cccc4ccccc34)CC2)CC1. The Morgan fingerprint density at radius 1 is 1.00 bits per heavy atom. The molecule has 1 saturated carbocycles. The van der Waals surface area contributed by atoms with Crippen molar-refractivity contribution in [2.75, 3.05) is 26.2 Å². The lowest BCUT2D eigenvalue weighted by atomic mass is 10.0. The van der Waals surface area contributed by atoms with E-state index in [-0.39, 0.29) is 5.91 Å². The molecular weight excluding hydrogens is 286 g/mol. The topological polar surface area (TPSA) is 49.6 Å². The summed E-state index contributed by atoms with van der Waals surface area (Å²) in [5.74, 6) is 0.155. The maximum absolute atomic E-state index is 12.3. The summed E-state index contributed by atoms with van der Waals surface area (Å²) in [5, 5.41) is 2.62. The molecule has 1 amide bonds. The third-order valence-electron chi connectivity index (χ3n) is 5.15. The van der Waals surface area contributed by atoms with Crippen LogP contribution in [0, 0.1) is 0 Å². The molecule has 23 heavy (non-hydrogen) atoms. The lowest BCUT2D eigenvalue weighted by molar-refractivity contribution is -0.135. The molecule has 2 aliphatic rings. The highest BCUT2D eigenvalue weighted by Gasteiger charge is 2.48. The average molecular weight is 309 g/mol. The third-order valence-corrected chi connectivity index (χ3v) is 5.15. The molecule has 1 saturated heterocycles. The van der Waals surface area contributed by atoms with Gasteiger partial charge < -0.3 is 10.6 Å². The van der Waals surface area contributed by atoms with Crippen LogP contribution in [0.4, 0.5) is 0 Å². The molecule has 0 unspecified atom stereocenters. The fourth-order valence-corrected chi connectivity index (χ4v) is 3.44. The summed E-state index contributed by atoms with van der Waals surface area (Å²) in [6, 6.07) is 15.0. The quantitative estimate of drug-likeness (QED) is 0.943. The average Bonchev–Trinajstić information content (AvgIpc) is 3.34. The first-order chi connectivity index (χ1) is 11.2. The van der Waals surface area contributed by atoms with E-state index in [1.54, 1.807) is 0 Å². The van der Waals surface area contributed by atoms with Crippen LogP contribution in [0.5, 0.6) is 0 Å². The molecule has 0 atom stereocenters. The number of hydrogen-bond donors (Lipinski definition) is 1. The lowest BCUT2D eigenvalue weighted by Gasteiger charge is -2.36. The van der Waals surface area contributed by atoms with Crippen LogP contribution in [0.15, 0.2) is 42.5 Å². The zero-order chi connectivity index (χ0) is 15.9. The predicted molar refractivity (Wildman–Crippen MR) is 92.0 cm³/mol. The van der Waals surface area contributed by atoms with E-state index in [4.69, 9.17) is 5.73 Å². The number of benzene rings is 2. The van der Waals surface area contributed by atoms with Gasteiger partial charge in [0.1, 0.15) is 0 Å². The summed E-state index contributed by atoms with van der Waals surface area (Å²) in [5.41, 5.74) is 6.87. The molecule has 4 nitrogen and oxygen atoms in total. The van der Waals surface area contributed by atoms with E-state index in [9.17, 15) is 4.79 Å². The minimum atomic E-state index is -0.530. The van der Waals surface area contributed by atoms with Crippen molar-refractivity contribution >= 4 is 16.7 Å². The highest BCUT2D eigenvalue weighted by molar-refractivity contribution is 5.89. The second kappa shape index (κ2) is 5.62. The van der Waals surface area contributed by atoms with Crippen molar-refractivity contribution in [3.8, 4) is 0 Å². The number of amides is 1. The maximum Gasteiger partial charge on any atom is 0.242 e. The molecule has 2 N–H and O–H groups in total. The highest BCUT2D eigenvalue weighted by atomic mass is 16.2. The number of nitrogens with zero attached hydrogens (tertiary/aromatic N) is 2. The van der Waals surface area contributed by atoms with E-state index in [1.165, 1.54) is 16.3 Å². The van der Waals surface area contributed by atoms with Crippen LogP contribution >= 0.6 is 0 Å². The van der Waals surface area contributed by atoms with Crippen molar-refractivity contribution in [3.05, 3.63) is 48.0 Å². The van der Waals surface area contributed by atoms with Gasteiger partial charge in [0.05, 0.1) is 5.54 Å². The Kier molecular flexibility index (Phi) is 3.58. The molecule has 4 heteroatoms. The largest absolute Gasteiger partial charge is 0.339 e. The Bertz CT molecular complexity index is 725. The second-order valence-electron chi connectivity index (χ2n) is 6.86. The summed E-state index contributed by atoms with van der Waals surface area (Å²) >= 11 is 0. The Balaban J connectivity index is 1.42. The molecule has 1 aliphatic heterocycles. The second-order valence-corrected chi connectivity index (χ2v) is 6.86. The van der Waals surface area contributed by atoms with E-state index in [0.29, 0.717) is 0 Å². The molecule has 1 heterocycles. The van der Waals surface area contributed by atoms with Crippen LogP contribution in [0.25, 0.3) is 10.8 Å². The molecule has 0 spiro atoms. The fraction of sp³-hybridized carbons (Fsp3) is 0.421. The lowest BCUT2D eigenvalue weighted by Crippen LogP contribution is -2.53. The first-order valence-electron chi connectivity index (χ1n) is 8.43. The number of piperazine rings is 1. The Morgan fingerprint density at radius 2 is 1.70 bits per heavy atom. The van der Waals surface area contributed by atoms with Crippen LogP contribution in [0.3, 0.4) is 0 Å². The van der Waals surface area contributed by atoms with Gasteiger partial charge in [-0.15, -0.1) is 0 Å². The summed E-state index contributed by atoms with van der Waals surface area (Å²) in [6.45, 7) is 4.37. The molecular formula is C19H23N3O. The first-order valence-corrected chi connectivity index (χ1v) is 8.43. The summed E-state index contributed by atoms with van der Waals surface area (Å²) in [7, 11) is 0. The Hall–Kier alpha value is -1.91. The number of carbonyl (C=O) groups is 1. The fourth-order valence-electron chi connectivity index (χ4n) is 3.44. The van der Waals surface area contributed by atoms with Gasteiger partial charge in [-0.2, -0.15) is 0 Å². The van der Waals surface area contributed by atoms with Crippen LogP contribution < -0.4 is 5.73 Å². The van der Waals surface area contributed by atoms with Crippen LogP contribution in [0.1, 0.15) is 18.4 Å². The van der Waals surface area contributed by atoms with Gasteiger partial charge in [-0.3, -0.25) is 9.69 Å². The molecule has 0 aromatic heterocycles. The van der Waals surface area contributed by atoms with E-state index < -0.39 is 5.54 Å². The summed E-state index contributed by atoms with van der Waals surface area (Å²) in [4.78, 5) is 16.7. The standard InChI is InChI=1S/C19H23N3O/c20-19(8-9-19)18(23)22-12-10-21(11-13-22)14-16-6-3-5-15-4-1-2-7-17(15)16/h1-7H,8-14,20H2. The molecule has 0 bridgehead atoms. The summed E-state index contributed by atoms with van der Waals surface area (Å²) in [6.07, 6.45) is 1.70. The van der Waals surface area contributed by atoms with E-state index in [1.807, 2.05) is 4.90 Å². The molecule has 4 rings (SSSR count). The monoisotopic (exact) mass is 309 g/mol. The third kappa shape index (κ3) is 2.84. The van der Waals surface area contributed by atoms with Gasteiger partial charge in [0.2, 0.25) is 5.91 Å². The van der Waals surface area contributed by atoms with Gasteiger partial charge in [0, 0.05) is 32.7 Å². The number of fused-ring (bicyclic) bond motifs is 1. The minimum absolute atomic E-state index is 0.155. The van der Waals surface area contributed by atoms with Gasteiger partial charge in [-0.1, -0.05) is 42.5 Å². The van der Waals surface area contributed by atoms with Gasteiger partial charge in [-0.25, -0.2) is 0 Å². The Morgan fingerprint density at radius 3 is 2.43 bits per heavy atom. The van der Waals surface area contributed by atoms with Gasteiger partial charge >= 0.3 is 0 Å². The number of hydrogen-bond acceptors (Lipinski definition) is 3. The van der Waals surface area contributed by atoms with Crippen molar-refractivity contribution in [1.29, 1.82) is 0 Å². The smallest absolute Gasteiger partial charge is 0.242 e. The Labute approximate surface area is 136 Å². The van der Waals surface area contributed by atoms with Crippen molar-refractivity contribution in [2.24, 2.45) is 5.73 Å². The number of carbonyl (C=O) groups excluding carboxylic acids is 1. The van der Waals surface area contributed by atoms with Gasteiger partial charge in [-0.05, 0) is 29.2 Å². The summed E-state index contributed by atoms with van der Waals surface area (Å²) < 4.78 is 0. The first kappa shape index (κ1) is 14.7. The van der Waals surface area contributed by atoms with Crippen molar-refractivity contribution in [1.82, 2.24) is 9.80 Å². The number of nitrogens with two attached hydrogens (primary N) is 1. The van der Waals surface area contributed by atoms with Gasteiger partial charge in [0.15, 0.2) is 0 Å². The van der Waals surface area contributed by atoms with E-state index in [2.05, 4.69) is 47.4 Å². The minimum Gasteiger partial charge on any atom is -0.339 e. The molecule has 2 aromatic carbocycles. The normalized spacial score (nSPS) is 20.7. The zero-order valence-electron chi connectivity index (χ0n) is 13.4. The molecule has 0 radical (unpaired) electrons. The predicted octanol–water partition coefficient (Wildman–Crippen LogP) is 1.98. The van der Waals surface area contributed by atoms with Crippen molar-refractivity contribution in [2.45, 2.75) is 24.9 Å². The van der Waals surface area contributed by atoms with Crippen molar-refractivity contribution in [3.63, 3.8) is 0 Å². The van der Waals surface area contributed by atoms with Crippen LogP contribution in [-0.2, 0) is 11.3 Å². The van der Waals surface area contributed by atoms with Crippen LogP contribution in [-0.4, -0.2) is 47.4 Å². The highest BCUT2D eigenvalue weighted by Crippen LogP contribution is 2.34. The zero-order valence-corrected chi connectivity index (χ0v) is 13.4. The van der Waals surface area contributed by atoms with Crippen molar-refractivity contribution < 1.29 is 4.79 Å². The number of rotatable bonds is 3.